The molecule has 34 heavy (non-hydrogen) atoms. The maximum Gasteiger partial charge on any atom is 0.226 e. The number of benzene rings is 3. The van der Waals surface area contributed by atoms with E-state index in [0.29, 0.717) is 5.95 Å². The highest BCUT2D eigenvalue weighted by Gasteiger charge is 2.41. The SMILES string of the molecule is COc1ccc(C2Oc3ccc(C)cc3C3=C2C(c2ccc(OC)cc2)n2ncnc2N3)cc1. The Hall–Kier alpha value is -4.26. The fraction of sp³-hybridized carbons (Fsp3) is 0.185. The molecule has 170 valence electrons. The summed E-state index contributed by atoms with van der Waals surface area (Å²) < 4.78 is 19.4. The Balaban J connectivity index is 1.59. The maximum atomic E-state index is 6.68. The fourth-order valence-corrected chi connectivity index (χ4v) is 4.74. The predicted molar refractivity (Wildman–Crippen MR) is 129 cm³/mol. The number of aryl methyl sites for hydroxylation is 1. The Kier molecular flexibility index (Phi) is 4.76. The average Bonchev–Trinajstić information content (AvgIpc) is 3.35. The molecule has 0 saturated heterocycles. The number of methoxy groups -OCH3 is 2. The zero-order valence-corrected chi connectivity index (χ0v) is 19.1. The van der Waals surface area contributed by atoms with Gasteiger partial charge in [0.15, 0.2) is 0 Å². The topological polar surface area (TPSA) is 70.4 Å². The smallest absolute Gasteiger partial charge is 0.226 e. The van der Waals surface area contributed by atoms with E-state index in [2.05, 4.69) is 58.7 Å². The van der Waals surface area contributed by atoms with Gasteiger partial charge in [-0.25, -0.2) is 4.68 Å². The summed E-state index contributed by atoms with van der Waals surface area (Å²) >= 11 is 0. The van der Waals surface area contributed by atoms with Crippen molar-refractivity contribution in [2.24, 2.45) is 0 Å². The molecule has 2 aliphatic heterocycles. The van der Waals surface area contributed by atoms with Gasteiger partial charge in [0.05, 0.1) is 19.9 Å². The number of anilines is 1. The number of fused-ring (bicyclic) bond motifs is 3. The Morgan fingerprint density at radius 2 is 1.56 bits per heavy atom. The van der Waals surface area contributed by atoms with Crippen molar-refractivity contribution in [3.8, 4) is 17.2 Å². The molecular formula is C27H24N4O3. The van der Waals surface area contributed by atoms with Gasteiger partial charge in [-0.15, -0.1) is 0 Å². The fourth-order valence-electron chi connectivity index (χ4n) is 4.74. The number of ether oxygens (including phenoxy) is 3. The molecular weight excluding hydrogens is 428 g/mol. The molecule has 2 aliphatic rings. The van der Waals surface area contributed by atoms with Crippen LogP contribution in [0.25, 0.3) is 5.70 Å². The van der Waals surface area contributed by atoms with Crippen molar-refractivity contribution in [2.45, 2.75) is 19.1 Å². The second kappa shape index (κ2) is 7.95. The van der Waals surface area contributed by atoms with Crippen LogP contribution in [-0.2, 0) is 0 Å². The van der Waals surface area contributed by atoms with Gasteiger partial charge in [0, 0.05) is 11.1 Å². The molecule has 1 N–H and O–H groups in total. The number of nitrogens with one attached hydrogen (secondary N) is 1. The van der Waals surface area contributed by atoms with Crippen molar-refractivity contribution in [3.05, 3.63) is 101 Å². The number of nitrogens with zero attached hydrogens (tertiary/aromatic N) is 3. The molecule has 3 heterocycles. The normalized spacial score (nSPS) is 18.2. The highest BCUT2D eigenvalue weighted by atomic mass is 16.5. The second-order valence-electron chi connectivity index (χ2n) is 8.43. The van der Waals surface area contributed by atoms with Crippen LogP contribution in [0.4, 0.5) is 5.95 Å². The maximum absolute atomic E-state index is 6.68. The molecule has 7 nitrogen and oxygen atoms in total. The number of hydrogen-bond acceptors (Lipinski definition) is 6. The lowest BCUT2D eigenvalue weighted by molar-refractivity contribution is 0.223. The molecule has 6 rings (SSSR count). The molecule has 4 aromatic rings. The minimum atomic E-state index is -0.326. The Morgan fingerprint density at radius 3 is 2.24 bits per heavy atom. The monoisotopic (exact) mass is 452 g/mol. The van der Waals surface area contributed by atoms with Gasteiger partial charge < -0.3 is 19.5 Å². The molecule has 0 amide bonds. The molecule has 7 heteroatoms. The van der Waals surface area contributed by atoms with E-state index in [4.69, 9.17) is 14.2 Å². The third-order valence-corrected chi connectivity index (χ3v) is 6.42. The van der Waals surface area contributed by atoms with Crippen molar-refractivity contribution in [1.82, 2.24) is 14.8 Å². The molecule has 0 spiro atoms. The summed E-state index contributed by atoms with van der Waals surface area (Å²) in [7, 11) is 3.34. The standard InChI is InChI=1S/C27H24N4O3/c1-16-4-13-22-21(14-16)24-23(26(34-22)18-7-11-20(33-3)12-8-18)25(31-27(30-24)28-15-29-31)17-5-9-19(32-2)10-6-17/h4-15,25-26H,1-3H3,(H,28,29,30). The van der Waals surface area contributed by atoms with E-state index in [1.54, 1.807) is 20.5 Å². The van der Waals surface area contributed by atoms with Crippen LogP contribution in [0.2, 0.25) is 0 Å². The van der Waals surface area contributed by atoms with Crippen molar-refractivity contribution in [1.29, 1.82) is 0 Å². The Labute approximate surface area is 197 Å². The van der Waals surface area contributed by atoms with Gasteiger partial charge in [-0.05, 0) is 54.4 Å². The van der Waals surface area contributed by atoms with Crippen LogP contribution in [0, 0.1) is 6.92 Å². The minimum absolute atomic E-state index is 0.208. The largest absolute Gasteiger partial charge is 0.497 e. The van der Waals surface area contributed by atoms with Crippen LogP contribution < -0.4 is 19.5 Å². The first kappa shape index (κ1) is 20.4. The summed E-state index contributed by atoms with van der Waals surface area (Å²) in [5.41, 5.74) is 6.36. The molecule has 0 fully saturated rings. The molecule has 1 aromatic heterocycles. The van der Waals surface area contributed by atoms with Gasteiger partial charge in [-0.3, -0.25) is 0 Å². The lowest BCUT2D eigenvalue weighted by Crippen LogP contribution is -2.32. The number of hydrogen-bond donors (Lipinski definition) is 1. The molecule has 2 atom stereocenters. The highest BCUT2D eigenvalue weighted by Crippen LogP contribution is 2.50. The average molecular weight is 453 g/mol. The van der Waals surface area contributed by atoms with E-state index in [9.17, 15) is 0 Å². The summed E-state index contributed by atoms with van der Waals surface area (Å²) in [5, 5.41) is 8.13. The molecule has 2 unspecified atom stereocenters. The Morgan fingerprint density at radius 1 is 0.882 bits per heavy atom. The van der Waals surface area contributed by atoms with Gasteiger partial charge in [-0.1, -0.05) is 35.9 Å². The van der Waals surface area contributed by atoms with E-state index in [0.717, 1.165) is 50.8 Å². The molecule has 3 aromatic carbocycles. The lowest BCUT2D eigenvalue weighted by Gasteiger charge is -2.39. The number of aromatic nitrogens is 3. The molecule has 0 aliphatic carbocycles. The molecule has 0 bridgehead atoms. The third kappa shape index (κ3) is 3.20. The molecule has 0 radical (unpaired) electrons. The summed E-state index contributed by atoms with van der Waals surface area (Å²) in [6, 6.07) is 22.2. The van der Waals surface area contributed by atoms with Crippen LogP contribution in [0.15, 0.2) is 78.6 Å². The summed E-state index contributed by atoms with van der Waals surface area (Å²) in [6.07, 6.45) is 1.26. The van der Waals surface area contributed by atoms with E-state index in [1.165, 1.54) is 0 Å². The van der Waals surface area contributed by atoms with Crippen molar-refractivity contribution in [2.75, 3.05) is 19.5 Å². The number of rotatable bonds is 4. The summed E-state index contributed by atoms with van der Waals surface area (Å²) in [5.74, 6) is 3.14. The third-order valence-electron chi connectivity index (χ3n) is 6.42. The minimum Gasteiger partial charge on any atom is -0.497 e. The zero-order chi connectivity index (χ0) is 23.2. The first-order valence-corrected chi connectivity index (χ1v) is 11.1. The molecule has 0 saturated carbocycles. The van der Waals surface area contributed by atoms with Crippen molar-refractivity contribution >= 4 is 11.6 Å². The van der Waals surface area contributed by atoms with Crippen molar-refractivity contribution in [3.63, 3.8) is 0 Å². The van der Waals surface area contributed by atoms with Gasteiger partial charge in [-0.2, -0.15) is 10.1 Å². The van der Waals surface area contributed by atoms with Gasteiger partial charge in [0.25, 0.3) is 0 Å². The quantitative estimate of drug-likeness (QED) is 0.461. The van der Waals surface area contributed by atoms with Gasteiger partial charge in [0.2, 0.25) is 5.95 Å². The first-order chi connectivity index (χ1) is 16.7. The van der Waals surface area contributed by atoms with Crippen LogP contribution in [0.1, 0.15) is 34.4 Å². The summed E-state index contributed by atoms with van der Waals surface area (Å²) in [4.78, 5) is 4.50. The van der Waals surface area contributed by atoms with Crippen LogP contribution in [0.5, 0.6) is 17.2 Å². The van der Waals surface area contributed by atoms with E-state index < -0.39 is 0 Å². The summed E-state index contributed by atoms with van der Waals surface area (Å²) in [6.45, 7) is 2.09. The van der Waals surface area contributed by atoms with E-state index in [-0.39, 0.29) is 12.1 Å². The lowest BCUT2D eigenvalue weighted by atomic mass is 9.84. The van der Waals surface area contributed by atoms with E-state index in [1.807, 2.05) is 35.0 Å². The first-order valence-electron chi connectivity index (χ1n) is 11.1. The predicted octanol–water partition coefficient (Wildman–Crippen LogP) is 5.16. The second-order valence-corrected chi connectivity index (χ2v) is 8.43. The Bertz CT molecular complexity index is 1390. The highest BCUT2D eigenvalue weighted by molar-refractivity contribution is 5.85. The van der Waals surface area contributed by atoms with Crippen LogP contribution in [-0.4, -0.2) is 29.0 Å². The van der Waals surface area contributed by atoms with Crippen molar-refractivity contribution < 1.29 is 14.2 Å². The van der Waals surface area contributed by atoms with Crippen LogP contribution in [0.3, 0.4) is 0 Å². The van der Waals surface area contributed by atoms with Gasteiger partial charge in [0.1, 0.15) is 35.7 Å². The van der Waals surface area contributed by atoms with E-state index >= 15 is 0 Å². The zero-order valence-electron chi connectivity index (χ0n) is 19.1. The van der Waals surface area contributed by atoms with Gasteiger partial charge >= 0.3 is 0 Å². The van der Waals surface area contributed by atoms with Crippen LogP contribution >= 0.6 is 0 Å².